The van der Waals surface area contributed by atoms with E-state index in [1.54, 1.807) is 13.8 Å². The zero-order valence-corrected chi connectivity index (χ0v) is 6.45. The van der Waals surface area contributed by atoms with Gasteiger partial charge in [0.25, 0.3) is 0 Å². The van der Waals surface area contributed by atoms with E-state index in [9.17, 15) is 0 Å². The van der Waals surface area contributed by atoms with Crippen molar-refractivity contribution in [3.63, 3.8) is 0 Å². The summed E-state index contributed by atoms with van der Waals surface area (Å²) in [5.74, 6) is -0.0432. The molecular weight excluding hydrogens is 147 g/mol. The van der Waals surface area contributed by atoms with Crippen LogP contribution in [-0.4, -0.2) is 16.0 Å². The molecule has 3 heteroatoms. The van der Waals surface area contributed by atoms with E-state index in [1.807, 2.05) is 0 Å². The molecule has 0 aromatic heterocycles. The largest absolute Gasteiger partial charge is 0.393 e. The second-order valence-corrected chi connectivity index (χ2v) is 3.10. The molecular formula is C5H10Cl2O. The molecule has 0 aromatic carbocycles. The maximum absolute atomic E-state index is 8.82. The summed E-state index contributed by atoms with van der Waals surface area (Å²) in [6.07, 6.45) is -0.421. The van der Waals surface area contributed by atoms with E-state index >= 15 is 0 Å². The second-order valence-electron chi connectivity index (χ2n) is 1.93. The molecule has 0 bridgehead atoms. The highest BCUT2D eigenvalue weighted by Gasteiger charge is 2.15. The molecule has 0 fully saturated rings. The zero-order chi connectivity index (χ0) is 6.73. The Morgan fingerprint density at radius 2 is 1.62 bits per heavy atom. The molecule has 0 heterocycles. The monoisotopic (exact) mass is 156 g/mol. The van der Waals surface area contributed by atoms with Crippen molar-refractivity contribution in [2.24, 2.45) is 5.92 Å². The third-order valence-electron chi connectivity index (χ3n) is 1.16. The summed E-state index contributed by atoms with van der Waals surface area (Å²) >= 11 is 10.9. The van der Waals surface area contributed by atoms with Crippen LogP contribution in [0.4, 0.5) is 0 Å². The molecule has 0 aliphatic heterocycles. The summed E-state index contributed by atoms with van der Waals surface area (Å²) in [6.45, 7) is 3.47. The lowest BCUT2D eigenvalue weighted by Gasteiger charge is -2.13. The summed E-state index contributed by atoms with van der Waals surface area (Å²) in [5.41, 5.74) is 0. The molecule has 2 unspecified atom stereocenters. The number of halogens is 2. The van der Waals surface area contributed by atoms with Crippen LogP contribution < -0.4 is 0 Å². The SMILES string of the molecule is CC(O)C(C)C(Cl)Cl. The number of alkyl halides is 2. The highest BCUT2D eigenvalue weighted by Crippen LogP contribution is 2.17. The van der Waals surface area contributed by atoms with E-state index in [0.717, 1.165) is 0 Å². The van der Waals surface area contributed by atoms with Gasteiger partial charge in [0.2, 0.25) is 0 Å². The van der Waals surface area contributed by atoms with Crippen LogP contribution in [0, 0.1) is 5.92 Å². The van der Waals surface area contributed by atoms with Crippen LogP contribution in [0.25, 0.3) is 0 Å². The Bertz CT molecular complexity index is 55.4. The lowest BCUT2D eigenvalue weighted by Crippen LogP contribution is -2.18. The van der Waals surface area contributed by atoms with Gasteiger partial charge in [-0.05, 0) is 6.92 Å². The van der Waals surface area contributed by atoms with E-state index in [2.05, 4.69) is 0 Å². The van der Waals surface area contributed by atoms with Crippen LogP contribution in [0.5, 0.6) is 0 Å². The minimum Gasteiger partial charge on any atom is -0.393 e. The number of hydrogen-bond donors (Lipinski definition) is 1. The van der Waals surface area contributed by atoms with Crippen molar-refractivity contribution in [3.05, 3.63) is 0 Å². The first-order chi connectivity index (χ1) is 3.55. The van der Waals surface area contributed by atoms with Crippen molar-refractivity contribution >= 4 is 23.2 Å². The van der Waals surface area contributed by atoms with Crippen LogP contribution in [0.3, 0.4) is 0 Å². The minimum absolute atomic E-state index is 0.0432. The van der Waals surface area contributed by atoms with Gasteiger partial charge in [-0.1, -0.05) is 6.92 Å². The molecule has 50 valence electrons. The highest BCUT2D eigenvalue weighted by atomic mass is 35.5. The smallest absolute Gasteiger partial charge is 0.112 e. The van der Waals surface area contributed by atoms with Gasteiger partial charge in [0.1, 0.15) is 4.84 Å². The average molecular weight is 157 g/mol. The molecule has 0 amide bonds. The standard InChI is InChI=1S/C5H10Cl2O/c1-3(4(2)8)5(6)7/h3-5,8H,1-2H3. The Labute approximate surface area is 59.6 Å². The Morgan fingerprint density at radius 1 is 1.25 bits per heavy atom. The Balaban J connectivity index is 3.46. The fraction of sp³-hybridized carbons (Fsp3) is 1.00. The number of rotatable bonds is 2. The van der Waals surface area contributed by atoms with Crippen LogP contribution in [0.1, 0.15) is 13.8 Å². The van der Waals surface area contributed by atoms with Gasteiger partial charge < -0.3 is 5.11 Å². The molecule has 1 N–H and O–H groups in total. The third kappa shape index (κ3) is 2.75. The van der Waals surface area contributed by atoms with Gasteiger partial charge in [-0.15, -0.1) is 23.2 Å². The van der Waals surface area contributed by atoms with Gasteiger partial charge in [0.05, 0.1) is 6.10 Å². The molecule has 0 aliphatic carbocycles. The van der Waals surface area contributed by atoms with Crippen LogP contribution >= 0.6 is 23.2 Å². The van der Waals surface area contributed by atoms with Gasteiger partial charge in [-0.2, -0.15) is 0 Å². The average Bonchev–Trinajstić information content (AvgIpc) is 1.64. The molecule has 0 aromatic rings. The predicted octanol–water partition coefficient (Wildman–Crippen LogP) is 1.81. The van der Waals surface area contributed by atoms with Crippen LogP contribution in [0.15, 0.2) is 0 Å². The Kier molecular flexibility index (Phi) is 3.78. The van der Waals surface area contributed by atoms with Crippen molar-refractivity contribution in [1.82, 2.24) is 0 Å². The van der Waals surface area contributed by atoms with E-state index in [0.29, 0.717) is 0 Å². The molecule has 2 atom stereocenters. The van der Waals surface area contributed by atoms with Gasteiger partial charge in [0, 0.05) is 5.92 Å². The van der Waals surface area contributed by atoms with Gasteiger partial charge in [0.15, 0.2) is 0 Å². The number of hydrogen-bond acceptors (Lipinski definition) is 1. The summed E-state index contributed by atoms with van der Waals surface area (Å²) in [6, 6.07) is 0. The maximum Gasteiger partial charge on any atom is 0.112 e. The van der Waals surface area contributed by atoms with Gasteiger partial charge in [-0.25, -0.2) is 0 Å². The fourth-order valence-electron chi connectivity index (χ4n) is 0.211. The normalized spacial score (nSPS) is 18.8. The van der Waals surface area contributed by atoms with Crippen molar-refractivity contribution in [1.29, 1.82) is 0 Å². The van der Waals surface area contributed by atoms with Crippen molar-refractivity contribution < 1.29 is 5.11 Å². The van der Waals surface area contributed by atoms with Gasteiger partial charge in [-0.3, -0.25) is 0 Å². The predicted molar refractivity (Wildman–Crippen MR) is 36.3 cm³/mol. The quantitative estimate of drug-likeness (QED) is 0.606. The summed E-state index contributed by atoms with van der Waals surface area (Å²) in [4.78, 5) is -0.463. The molecule has 8 heavy (non-hydrogen) atoms. The van der Waals surface area contributed by atoms with Crippen molar-refractivity contribution in [2.75, 3.05) is 0 Å². The molecule has 0 spiro atoms. The first kappa shape index (κ1) is 8.54. The maximum atomic E-state index is 8.82. The van der Waals surface area contributed by atoms with E-state index < -0.39 is 10.9 Å². The van der Waals surface area contributed by atoms with E-state index in [-0.39, 0.29) is 5.92 Å². The summed E-state index contributed by atoms with van der Waals surface area (Å²) in [7, 11) is 0. The van der Waals surface area contributed by atoms with E-state index in [1.165, 1.54) is 0 Å². The Morgan fingerprint density at radius 3 is 1.62 bits per heavy atom. The van der Waals surface area contributed by atoms with Crippen LogP contribution in [-0.2, 0) is 0 Å². The first-order valence-electron chi connectivity index (χ1n) is 2.52. The fourth-order valence-corrected chi connectivity index (χ4v) is 0.632. The topological polar surface area (TPSA) is 20.2 Å². The summed E-state index contributed by atoms with van der Waals surface area (Å²) in [5, 5.41) is 8.82. The first-order valence-corrected chi connectivity index (χ1v) is 3.39. The van der Waals surface area contributed by atoms with Crippen LogP contribution in [0.2, 0.25) is 0 Å². The molecule has 0 saturated carbocycles. The van der Waals surface area contributed by atoms with Crippen molar-refractivity contribution in [3.8, 4) is 0 Å². The summed E-state index contributed by atoms with van der Waals surface area (Å²) < 4.78 is 0. The molecule has 0 radical (unpaired) electrons. The van der Waals surface area contributed by atoms with Crippen molar-refractivity contribution in [2.45, 2.75) is 24.8 Å². The van der Waals surface area contributed by atoms with E-state index in [4.69, 9.17) is 28.3 Å². The molecule has 1 nitrogen and oxygen atoms in total. The Hall–Kier alpha value is 0.540. The molecule has 0 saturated heterocycles. The minimum atomic E-state index is -0.463. The lowest BCUT2D eigenvalue weighted by atomic mass is 10.1. The molecule has 0 aliphatic rings. The number of aliphatic hydroxyl groups is 1. The molecule has 0 rings (SSSR count). The second kappa shape index (κ2) is 3.54. The lowest BCUT2D eigenvalue weighted by molar-refractivity contribution is 0.142. The highest BCUT2D eigenvalue weighted by molar-refractivity contribution is 6.44. The number of aliphatic hydroxyl groups excluding tert-OH is 1. The zero-order valence-electron chi connectivity index (χ0n) is 4.94. The van der Waals surface area contributed by atoms with Gasteiger partial charge >= 0.3 is 0 Å². The third-order valence-corrected chi connectivity index (χ3v) is 1.95.